The largest absolute Gasteiger partial charge is 0.481 e. The van der Waals surface area contributed by atoms with E-state index < -0.39 is 15.9 Å². The molecule has 168 valence electrons. The van der Waals surface area contributed by atoms with Crippen LogP contribution in [0.1, 0.15) is 37.7 Å². The average molecular weight is 449 g/mol. The van der Waals surface area contributed by atoms with Crippen LogP contribution in [0, 0.1) is 5.92 Å². The molecule has 2 N–H and O–H groups in total. The monoisotopic (exact) mass is 448 g/mol. The molecule has 1 aliphatic rings. The van der Waals surface area contributed by atoms with E-state index in [1.54, 1.807) is 25.1 Å². The molecule has 3 rings (SSSR count). The molecule has 1 atom stereocenters. The highest BCUT2D eigenvalue weighted by Crippen LogP contribution is 2.31. The highest BCUT2D eigenvalue weighted by Gasteiger charge is 2.27. The molecule has 9 nitrogen and oxygen atoms in total. The van der Waals surface area contributed by atoms with Crippen molar-refractivity contribution in [1.82, 2.24) is 14.7 Å². The number of rotatable bonds is 9. The topological polar surface area (TPSA) is 120 Å². The van der Waals surface area contributed by atoms with Crippen LogP contribution in [0.3, 0.4) is 0 Å². The molecule has 1 aliphatic heterocycles. The fraction of sp³-hybridized carbons (Fsp3) is 0.476. The lowest BCUT2D eigenvalue weighted by Crippen LogP contribution is -2.26. The quantitative estimate of drug-likeness (QED) is 0.604. The van der Waals surface area contributed by atoms with E-state index in [0.717, 1.165) is 18.4 Å². The summed E-state index contributed by atoms with van der Waals surface area (Å²) in [5, 5.41) is 2.84. The minimum atomic E-state index is -3.55. The van der Waals surface area contributed by atoms with E-state index in [-0.39, 0.29) is 10.8 Å². The number of hydrogen-bond acceptors (Lipinski definition) is 7. The van der Waals surface area contributed by atoms with Crippen molar-refractivity contribution < 1.29 is 22.7 Å². The lowest BCUT2D eigenvalue weighted by Gasteiger charge is -2.26. The smallest absolute Gasteiger partial charge is 0.240 e. The fourth-order valence-electron chi connectivity index (χ4n) is 3.60. The molecule has 10 heteroatoms. The van der Waals surface area contributed by atoms with Crippen LogP contribution < -0.4 is 14.8 Å². The van der Waals surface area contributed by atoms with Crippen molar-refractivity contribution in [3.8, 4) is 5.88 Å². The maximum absolute atomic E-state index is 13.2. The number of sulfonamides is 1. The zero-order valence-electron chi connectivity index (χ0n) is 17.7. The number of methoxy groups -OCH3 is 1. The summed E-state index contributed by atoms with van der Waals surface area (Å²) in [7, 11) is -2.06. The normalized spacial score (nSPS) is 15.9. The first-order chi connectivity index (χ1) is 14.9. The van der Waals surface area contributed by atoms with E-state index in [1.165, 1.54) is 25.6 Å². The highest BCUT2D eigenvalue weighted by atomic mass is 32.2. The number of aromatic nitrogens is 2. The summed E-state index contributed by atoms with van der Waals surface area (Å²) in [6, 6.07) is 8.02. The van der Waals surface area contributed by atoms with Gasteiger partial charge in [-0.15, -0.1) is 0 Å². The van der Waals surface area contributed by atoms with Gasteiger partial charge in [0.1, 0.15) is 12.1 Å². The molecular weight excluding hydrogens is 420 g/mol. The van der Waals surface area contributed by atoms with Crippen LogP contribution in [0.15, 0.2) is 41.6 Å². The second kappa shape index (κ2) is 10.7. The zero-order valence-corrected chi connectivity index (χ0v) is 18.5. The standard InChI is InChI=1S/C21H28N4O5S/c1-3-24-31(27,28)17-6-4-16(5-7-17)18(12-15-8-10-30-11-9-15)21(26)25-19-13-20(29-2)23-14-22-19/h4-7,13-15,18,24H,3,8-12H2,1-2H3,(H,22,23,25,26)/t18-/m1/s1. The van der Waals surface area contributed by atoms with Gasteiger partial charge in [0.15, 0.2) is 0 Å². The Morgan fingerprint density at radius 3 is 2.58 bits per heavy atom. The molecule has 1 saturated heterocycles. The van der Waals surface area contributed by atoms with Gasteiger partial charge in [0.25, 0.3) is 0 Å². The Labute approximate surface area is 182 Å². The van der Waals surface area contributed by atoms with Crippen LogP contribution in [0.5, 0.6) is 5.88 Å². The number of amides is 1. The van der Waals surface area contributed by atoms with E-state index in [9.17, 15) is 13.2 Å². The number of nitrogens with zero attached hydrogens (tertiary/aromatic N) is 2. The predicted molar refractivity (Wildman–Crippen MR) is 115 cm³/mol. The van der Waals surface area contributed by atoms with Gasteiger partial charge in [-0.05, 0) is 42.9 Å². The Hall–Kier alpha value is -2.56. The molecule has 1 aromatic heterocycles. The van der Waals surface area contributed by atoms with Gasteiger partial charge in [-0.2, -0.15) is 0 Å². The molecule has 0 unspecified atom stereocenters. The van der Waals surface area contributed by atoms with Crippen molar-refractivity contribution >= 4 is 21.7 Å². The molecule has 1 fully saturated rings. The van der Waals surface area contributed by atoms with Crippen molar-refractivity contribution in [2.75, 3.05) is 32.2 Å². The summed E-state index contributed by atoms with van der Waals surface area (Å²) in [5.74, 6) is 0.369. The molecular formula is C21H28N4O5S. The SMILES string of the molecule is CCNS(=O)(=O)c1ccc([C@@H](CC2CCOCC2)C(=O)Nc2cc(OC)ncn2)cc1. The summed E-state index contributed by atoms with van der Waals surface area (Å²) < 4.78 is 37.5. The van der Waals surface area contributed by atoms with Crippen molar-refractivity contribution in [2.45, 2.75) is 37.0 Å². The lowest BCUT2D eigenvalue weighted by atomic mass is 9.84. The van der Waals surface area contributed by atoms with Gasteiger partial charge in [0.2, 0.25) is 21.8 Å². The number of benzene rings is 1. The third kappa shape index (κ3) is 6.22. The van der Waals surface area contributed by atoms with Gasteiger partial charge >= 0.3 is 0 Å². The number of anilines is 1. The number of carbonyl (C=O) groups excluding carboxylic acids is 1. The number of carbonyl (C=O) groups is 1. The summed E-state index contributed by atoms with van der Waals surface area (Å²) in [5.41, 5.74) is 0.750. The predicted octanol–water partition coefficient (Wildman–Crippen LogP) is 2.32. The third-order valence-electron chi connectivity index (χ3n) is 5.26. The van der Waals surface area contributed by atoms with Crippen molar-refractivity contribution in [3.63, 3.8) is 0 Å². The van der Waals surface area contributed by atoms with Gasteiger partial charge in [0.05, 0.1) is 17.9 Å². The van der Waals surface area contributed by atoms with Gasteiger partial charge in [-0.25, -0.2) is 23.1 Å². The molecule has 0 aliphatic carbocycles. The van der Waals surface area contributed by atoms with Gasteiger partial charge in [-0.1, -0.05) is 19.1 Å². The minimum absolute atomic E-state index is 0.170. The molecule has 0 radical (unpaired) electrons. The molecule has 0 spiro atoms. The third-order valence-corrected chi connectivity index (χ3v) is 6.82. The number of hydrogen-bond donors (Lipinski definition) is 2. The summed E-state index contributed by atoms with van der Waals surface area (Å²) >= 11 is 0. The Kier molecular flexibility index (Phi) is 7.94. The minimum Gasteiger partial charge on any atom is -0.481 e. The van der Waals surface area contributed by atoms with Crippen LogP contribution in [0.25, 0.3) is 0 Å². The number of ether oxygens (including phenoxy) is 2. The van der Waals surface area contributed by atoms with E-state index in [2.05, 4.69) is 20.0 Å². The Balaban J connectivity index is 1.83. The number of nitrogens with one attached hydrogen (secondary N) is 2. The molecule has 2 aromatic rings. The molecule has 0 bridgehead atoms. The Bertz CT molecular complexity index is 976. The molecule has 1 aromatic carbocycles. The van der Waals surface area contributed by atoms with Crippen LogP contribution >= 0.6 is 0 Å². The van der Waals surface area contributed by atoms with Crippen molar-refractivity contribution in [3.05, 3.63) is 42.2 Å². The van der Waals surface area contributed by atoms with E-state index in [1.807, 2.05) is 0 Å². The Morgan fingerprint density at radius 1 is 1.23 bits per heavy atom. The van der Waals surface area contributed by atoms with Gasteiger partial charge < -0.3 is 14.8 Å². The maximum atomic E-state index is 13.2. The van der Waals surface area contributed by atoms with Crippen molar-refractivity contribution in [1.29, 1.82) is 0 Å². The fourth-order valence-corrected chi connectivity index (χ4v) is 4.64. The van der Waals surface area contributed by atoms with Gasteiger partial charge in [-0.3, -0.25) is 4.79 Å². The summed E-state index contributed by atoms with van der Waals surface area (Å²) in [4.78, 5) is 21.4. The first-order valence-electron chi connectivity index (χ1n) is 10.3. The Morgan fingerprint density at radius 2 is 1.94 bits per heavy atom. The van der Waals surface area contributed by atoms with E-state index in [0.29, 0.717) is 43.8 Å². The molecule has 31 heavy (non-hydrogen) atoms. The summed E-state index contributed by atoms with van der Waals surface area (Å²) in [6.45, 7) is 3.40. The second-order valence-electron chi connectivity index (χ2n) is 7.35. The van der Waals surface area contributed by atoms with Crippen LogP contribution in [-0.2, 0) is 19.6 Å². The van der Waals surface area contributed by atoms with Crippen molar-refractivity contribution in [2.24, 2.45) is 5.92 Å². The van der Waals surface area contributed by atoms with Crippen LogP contribution in [0.4, 0.5) is 5.82 Å². The van der Waals surface area contributed by atoms with E-state index in [4.69, 9.17) is 9.47 Å². The zero-order chi connectivity index (χ0) is 22.3. The van der Waals surface area contributed by atoms with Crippen LogP contribution in [0.2, 0.25) is 0 Å². The van der Waals surface area contributed by atoms with Gasteiger partial charge in [0, 0.05) is 25.8 Å². The molecule has 2 heterocycles. The maximum Gasteiger partial charge on any atom is 0.240 e. The summed E-state index contributed by atoms with van der Waals surface area (Å²) in [6.07, 6.45) is 3.73. The first-order valence-corrected chi connectivity index (χ1v) is 11.8. The molecule has 0 saturated carbocycles. The first kappa shape index (κ1) is 23.1. The average Bonchev–Trinajstić information content (AvgIpc) is 2.78. The van der Waals surface area contributed by atoms with E-state index >= 15 is 0 Å². The molecule has 1 amide bonds. The highest BCUT2D eigenvalue weighted by molar-refractivity contribution is 7.89. The lowest BCUT2D eigenvalue weighted by molar-refractivity contribution is -0.118. The second-order valence-corrected chi connectivity index (χ2v) is 9.12. The van der Waals surface area contributed by atoms with Crippen LogP contribution in [-0.4, -0.2) is 51.2 Å².